The zero-order valence-electron chi connectivity index (χ0n) is 36.7. The number of hydrogen-bond acceptors (Lipinski definition) is 8. The molecular weight excluding hydrogens is 721 g/mol. The Morgan fingerprint density at radius 1 is 0.879 bits per heavy atom. The first-order valence-corrected chi connectivity index (χ1v) is 21.3. The predicted octanol–water partition coefficient (Wildman–Crippen LogP) is 11.4. The van der Waals surface area contributed by atoms with Crippen LogP contribution in [0.3, 0.4) is 0 Å². The average Bonchev–Trinajstić information content (AvgIpc) is 3.90. The van der Waals surface area contributed by atoms with E-state index in [1.165, 1.54) is 22.3 Å². The van der Waals surface area contributed by atoms with Crippen molar-refractivity contribution in [2.24, 2.45) is 32.7 Å². The van der Waals surface area contributed by atoms with Crippen LogP contribution in [0.5, 0.6) is 0 Å². The standard InChI is InChI=1S/C50H64N4O4/c1-27(2)14-12-15-29(5)16-13-17-30(6)20-21-58-46(57)19-18-36-31(7)40-24-41-33(9)47(35(11)55)44(52-41)26-39-32(8)37(22-28(3)4)43(51-39)25-42-34(10)48-45(56)23-38(49(36)53-40)50(48)54-42/h14,16,20,24-26,28,31,35-36,53,55-56H,12-13,15,17-19,21-23H2,1-11H3/t31-,35+,36-/m0/s1. The van der Waals surface area contributed by atoms with Crippen LogP contribution in [0.15, 0.2) is 141 Å². The van der Waals surface area contributed by atoms with Gasteiger partial charge in [-0.05, 0) is 146 Å². The topological polar surface area (TPSA) is 116 Å². The molecular formula is C50H64N4O4. The quantitative estimate of drug-likeness (QED) is 0.120. The Hall–Kier alpha value is -4.82. The smallest absolute Gasteiger partial charge is 0.306 e. The van der Waals surface area contributed by atoms with Gasteiger partial charge in [-0.1, -0.05) is 49.6 Å². The second-order valence-corrected chi connectivity index (χ2v) is 17.6. The maximum atomic E-state index is 13.2. The third-order valence-corrected chi connectivity index (χ3v) is 12.2. The van der Waals surface area contributed by atoms with Crippen molar-refractivity contribution >= 4 is 23.1 Å². The van der Waals surface area contributed by atoms with Gasteiger partial charge >= 0.3 is 5.97 Å². The molecule has 0 aromatic carbocycles. The first-order chi connectivity index (χ1) is 27.5. The van der Waals surface area contributed by atoms with Crippen LogP contribution >= 0.6 is 0 Å². The molecule has 0 unspecified atom stereocenters. The zero-order chi connectivity index (χ0) is 42.0. The van der Waals surface area contributed by atoms with Gasteiger partial charge in [0.15, 0.2) is 0 Å². The molecule has 0 saturated carbocycles. The summed E-state index contributed by atoms with van der Waals surface area (Å²) in [4.78, 5) is 28.7. The minimum Gasteiger partial charge on any atom is -0.511 e. The number of rotatable bonds is 14. The van der Waals surface area contributed by atoms with Gasteiger partial charge < -0.3 is 20.3 Å². The van der Waals surface area contributed by atoms with E-state index in [4.69, 9.17) is 19.7 Å². The van der Waals surface area contributed by atoms with Crippen molar-refractivity contribution in [1.29, 1.82) is 0 Å². The number of ether oxygens (including phenoxy) is 1. The number of allylic oxidation sites excluding steroid dienone is 16. The SMILES string of the molecule is CC(C)=CCCC(C)=CCCC(C)=CCOC(=O)CC[C@@H]1C2=C3CC(O)=C4C3=NC(=C4C)C=C3N=C(C=C4N=C(C=C(N2)[C@H]1C)C(C)=C4[C@@H](C)O)C(C)=C3CC(C)C. The Kier molecular flexibility index (Phi) is 13.3. The molecule has 6 rings (SSSR count). The number of fused-ring (bicyclic) bond motifs is 5. The molecule has 8 nitrogen and oxygen atoms in total. The van der Waals surface area contributed by atoms with Crippen LogP contribution in [-0.4, -0.2) is 46.0 Å². The van der Waals surface area contributed by atoms with Gasteiger partial charge in [0.05, 0.1) is 40.3 Å². The van der Waals surface area contributed by atoms with Crippen LogP contribution < -0.4 is 5.32 Å². The fraction of sp³-hybridized carbons (Fsp3) is 0.480. The van der Waals surface area contributed by atoms with E-state index in [9.17, 15) is 15.0 Å². The van der Waals surface area contributed by atoms with Gasteiger partial charge in [0.2, 0.25) is 0 Å². The lowest BCUT2D eigenvalue weighted by Crippen LogP contribution is -2.16. The number of nitrogens with zero attached hydrogens (tertiary/aromatic N) is 3. The molecule has 0 amide bonds. The highest BCUT2D eigenvalue weighted by Gasteiger charge is 2.41. The zero-order valence-corrected chi connectivity index (χ0v) is 36.7. The minimum absolute atomic E-state index is 0.0122. The third-order valence-electron chi connectivity index (χ3n) is 12.2. The van der Waals surface area contributed by atoms with Crippen molar-refractivity contribution in [3.8, 4) is 0 Å². The molecule has 308 valence electrons. The van der Waals surface area contributed by atoms with E-state index in [1.54, 1.807) is 6.92 Å². The monoisotopic (exact) mass is 784 g/mol. The molecule has 3 N–H and O–H groups in total. The highest BCUT2D eigenvalue weighted by atomic mass is 16.5. The lowest BCUT2D eigenvalue weighted by molar-refractivity contribution is -0.142. The summed E-state index contributed by atoms with van der Waals surface area (Å²) in [7, 11) is 0. The number of carbonyl (C=O) groups is 1. The van der Waals surface area contributed by atoms with Gasteiger partial charge in [0.1, 0.15) is 12.4 Å². The van der Waals surface area contributed by atoms with Crippen molar-refractivity contribution in [2.45, 2.75) is 134 Å². The van der Waals surface area contributed by atoms with E-state index in [-0.39, 0.29) is 30.8 Å². The van der Waals surface area contributed by atoms with Crippen molar-refractivity contribution in [2.75, 3.05) is 6.61 Å². The predicted molar refractivity (Wildman–Crippen MR) is 238 cm³/mol. The second kappa shape index (κ2) is 18.0. The van der Waals surface area contributed by atoms with Gasteiger partial charge in [-0.25, -0.2) is 15.0 Å². The summed E-state index contributed by atoms with van der Waals surface area (Å²) >= 11 is 0. The van der Waals surface area contributed by atoms with E-state index in [0.29, 0.717) is 24.5 Å². The largest absolute Gasteiger partial charge is 0.511 e. The first-order valence-electron chi connectivity index (χ1n) is 21.3. The first kappa shape index (κ1) is 42.8. The van der Waals surface area contributed by atoms with Crippen LogP contribution in [-0.2, 0) is 9.53 Å². The maximum Gasteiger partial charge on any atom is 0.306 e. The molecule has 1 fully saturated rings. The molecule has 1 saturated heterocycles. The van der Waals surface area contributed by atoms with Crippen LogP contribution in [0.4, 0.5) is 0 Å². The fourth-order valence-corrected chi connectivity index (χ4v) is 8.83. The van der Waals surface area contributed by atoms with Gasteiger partial charge in [-0.15, -0.1) is 0 Å². The molecule has 0 spiro atoms. The Morgan fingerprint density at radius 2 is 1.55 bits per heavy atom. The molecule has 58 heavy (non-hydrogen) atoms. The molecule has 0 aromatic heterocycles. The number of nitrogens with one attached hydrogen (secondary N) is 1. The molecule has 0 radical (unpaired) electrons. The number of aliphatic imine (C=N–C) groups is 3. The van der Waals surface area contributed by atoms with E-state index >= 15 is 0 Å². The van der Waals surface area contributed by atoms with Crippen LogP contribution in [0.2, 0.25) is 0 Å². The number of esters is 1. The van der Waals surface area contributed by atoms with Gasteiger partial charge in [-0.3, -0.25) is 4.79 Å². The Balaban J connectivity index is 1.28. The molecule has 6 aliphatic rings. The Bertz CT molecular complexity index is 2210. The lowest BCUT2D eigenvalue weighted by atomic mass is 9.86. The summed E-state index contributed by atoms with van der Waals surface area (Å²) in [6.07, 6.45) is 18.2. The van der Waals surface area contributed by atoms with E-state index in [2.05, 4.69) is 85.0 Å². The fourth-order valence-electron chi connectivity index (χ4n) is 8.83. The van der Waals surface area contributed by atoms with Crippen LogP contribution in [0.25, 0.3) is 0 Å². The van der Waals surface area contributed by atoms with E-state index in [1.807, 2.05) is 26.0 Å². The highest BCUT2D eigenvalue weighted by Crippen LogP contribution is 2.46. The summed E-state index contributed by atoms with van der Waals surface area (Å²) in [5.41, 5.74) is 17.4. The molecule has 5 aliphatic heterocycles. The number of aliphatic hydroxyl groups excluding tert-OH is 2. The summed E-state index contributed by atoms with van der Waals surface area (Å²) in [5, 5.41) is 26.3. The second-order valence-electron chi connectivity index (χ2n) is 17.6. The minimum atomic E-state index is -0.721. The maximum absolute atomic E-state index is 13.2. The summed E-state index contributed by atoms with van der Waals surface area (Å²) in [5.74, 6) is 0.466. The van der Waals surface area contributed by atoms with Crippen molar-refractivity contribution in [1.82, 2.24) is 5.32 Å². The molecule has 3 atom stereocenters. The summed E-state index contributed by atoms with van der Waals surface area (Å²) in [6, 6.07) is 0. The van der Waals surface area contributed by atoms with Crippen LogP contribution in [0, 0.1) is 17.8 Å². The molecule has 8 bridgehead atoms. The normalized spacial score (nSPS) is 22.4. The van der Waals surface area contributed by atoms with Gasteiger partial charge in [0.25, 0.3) is 0 Å². The summed E-state index contributed by atoms with van der Waals surface area (Å²) in [6.45, 7) is 23.4. The third kappa shape index (κ3) is 9.23. The highest BCUT2D eigenvalue weighted by molar-refractivity contribution is 6.21. The Labute approximate surface area is 346 Å². The average molecular weight is 785 g/mol. The number of hydrogen-bond donors (Lipinski definition) is 3. The molecule has 5 heterocycles. The molecule has 8 heteroatoms. The van der Waals surface area contributed by atoms with E-state index in [0.717, 1.165) is 111 Å². The number of carbonyl (C=O) groups excluding carboxylic acids is 1. The van der Waals surface area contributed by atoms with Crippen LogP contribution in [0.1, 0.15) is 128 Å². The number of aliphatic hydroxyl groups is 2. The van der Waals surface area contributed by atoms with Crippen molar-refractivity contribution < 1.29 is 19.7 Å². The Morgan fingerprint density at radius 3 is 2.24 bits per heavy atom. The molecule has 0 aromatic rings. The lowest BCUT2D eigenvalue weighted by Gasteiger charge is -2.17. The molecule has 1 aliphatic carbocycles. The van der Waals surface area contributed by atoms with Gasteiger partial charge in [0, 0.05) is 52.8 Å². The van der Waals surface area contributed by atoms with Crippen molar-refractivity contribution in [3.63, 3.8) is 0 Å². The van der Waals surface area contributed by atoms with Gasteiger partial charge in [-0.2, -0.15) is 0 Å². The summed E-state index contributed by atoms with van der Waals surface area (Å²) < 4.78 is 5.75. The van der Waals surface area contributed by atoms with E-state index < -0.39 is 6.10 Å². The van der Waals surface area contributed by atoms with Crippen molar-refractivity contribution in [3.05, 3.63) is 126 Å².